The van der Waals surface area contributed by atoms with Crippen LogP contribution in [0.1, 0.15) is 175 Å². The number of fused-ring (bicyclic) bond motifs is 3. The molecule has 3 heterocycles. The number of rotatable bonds is 12. The van der Waals surface area contributed by atoms with Gasteiger partial charge in [0.2, 0.25) is 70.9 Å². The maximum Gasteiger partial charge on any atom is 0.397 e. The van der Waals surface area contributed by atoms with E-state index in [0.717, 1.165) is 24.5 Å². The molecule has 0 aromatic carbocycles. The van der Waals surface area contributed by atoms with E-state index in [4.69, 9.17) is 6.42 Å². The quantitative estimate of drug-likeness (QED) is 0.110. The average Bonchev–Trinajstić information content (AvgIpc) is 1.67. The molecule has 107 heavy (non-hydrogen) atoms. The summed E-state index contributed by atoms with van der Waals surface area (Å²) in [5.41, 5.74) is -1.66. The third-order valence-electron chi connectivity index (χ3n) is 23.9. The number of hydrogen-bond donors (Lipinski definition) is 3. The zero-order valence-electron chi connectivity index (χ0n) is 63.8. The molecule has 2 bridgehead atoms. The molecule has 3 N–H and O–H groups in total. The number of nitrogens with zero attached hydrogens (tertiary/aromatic N) is 9. The average molecular weight is 1530 g/mol. The van der Waals surface area contributed by atoms with Gasteiger partial charge in [0.15, 0.2) is 0 Å². The van der Waals surface area contributed by atoms with Crippen LogP contribution < -0.4 is 16.0 Å². The second-order valence-electron chi connectivity index (χ2n) is 31.5. The number of amides is 12. The Kier molecular flexibility index (Phi) is 30.1. The van der Waals surface area contributed by atoms with Crippen LogP contribution in [-0.2, 0) is 57.5 Å². The minimum absolute atomic E-state index is 0.00429. The SMILES string of the molecule is C#CC[C@H]1C(=O)N[C@@H]([C@@H](C)CC)C(=O)N(C)CC(=O)N(C)[C@H]2C/C=C\CCN(C2=O)[C@@H](CC2CCC(C(F)(F)F)CC2)C(=O)N(C)CC(=O)N[C@@H](CCC2CC(F)C(C(F)(F)F)C(F)C2)C(=O)N2C[C@@H](C)C[C@H]2C(=O)NC2(CCC2)C(=O)N(C)[C@@H](C2CCCC2)C(=O)N(C)[C@H](C(=O)N(C)CCC)CC(=O)N1C. The Hall–Kier alpha value is -7.62. The van der Waals surface area contributed by atoms with Gasteiger partial charge in [-0.25, -0.2) is 8.78 Å². The fourth-order valence-electron chi connectivity index (χ4n) is 16.9. The second kappa shape index (κ2) is 37.2. The lowest BCUT2D eigenvalue weighted by atomic mass is 9.74. The van der Waals surface area contributed by atoms with Crippen LogP contribution in [-0.4, -0.2) is 276 Å². The highest BCUT2D eigenvalue weighted by Crippen LogP contribution is 2.46. The van der Waals surface area contributed by atoms with Crippen LogP contribution in [0, 0.1) is 53.8 Å². The van der Waals surface area contributed by atoms with Gasteiger partial charge >= 0.3 is 12.4 Å². The molecule has 24 nitrogen and oxygen atoms in total. The summed E-state index contributed by atoms with van der Waals surface area (Å²) in [7, 11) is 9.36. The van der Waals surface area contributed by atoms with Crippen molar-refractivity contribution in [1.29, 1.82) is 0 Å². The number of halogens is 8. The first kappa shape index (κ1) is 86.6. The molecular weight excluding hydrogens is 1410 g/mol. The molecule has 600 valence electrons. The number of likely N-dealkylation sites (N-methyl/N-ethyl adjacent to an activating group) is 7. The third-order valence-corrected chi connectivity index (χ3v) is 23.9. The number of terminal acetylenes is 1. The Labute approximate surface area is 623 Å². The van der Waals surface area contributed by atoms with Crippen molar-refractivity contribution in [3.63, 3.8) is 0 Å². The summed E-state index contributed by atoms with van der Waals surface area (Å²) in [6.07, 6.45) is -6.24. The van der Waals surface area contributed by atoms with E-state index >= 15 is 37.5 Å². The van der Waals surface area contributed by atoms with Gasteiger partial charge in [0, 0.05) is 75.4 Å². The Morgan fingerprint density at radius 3 is 1.87 bits per heavy atom. The van der Waals surface area contributed by atoms with Crippen molar-refractivity contribution in [2.75, 3.05) is 82.1 Å². The topological polar surface area (TPSA) is 270 Å². The number of nitrogens with one attached hydrogen (secondary N) is 3. The molecule has 0 aromatic heterocycles. The van der Waals surface area contributed by atoms with Crippen molar-refractivity contribution in [1.82, 2.24) is 60.0 Å². The van der Waals surface area contributed by atoms with Gasteiger partial charge in [-0.05, 0) is 145 Å². The number of hydrogen-bond acceptors (Lipinski definition) is 12. The van der Waals surface area contributed by atoms with E-state index in [1.54, 1.807) is 32.9 Å². The maximum absolute atomic E-state index is 15.5. The van der Waals surface area contributed by atoms with E-state index in [9.17, 15) is 55.1 Å². The molecule has 1 spiro atoms. The van der Waals surface area contributed by atoms with E-state index in [2.05, 4.69) is 21.9 Å². The molecule has 2 saturated heterocycles. The Balaban J connectivity index is 1.31. The van der Waals surface area contributed by atoms with E-state index in [1.807, 2.05) is 6.92 Å². The van der Waals surface area contributed by atoms with Gasteiger partial charge in [0.25, 0.3) is 0 Å². The van der Waals surface area contributed by atoms with Crippen LogP contribution in [0.15, 0.2) is 12.2 Å². The molecule has 4 aliphatic carbocycles. The smallest absolute Gasteiger partial charge is 0.344 e. The van der Waals surface area contributed by atoms with Gasteiger partial charge < -0.3 is 60.0 Å². The summed E-state index contributed by atoms with van der Waals surface area (Å²) in [6, 6.07) is -11.5. The molecule has 12 atom stereocenters. The first-order valence-electron chi connectivity index (χ1n) is 38.0. The first-order valence-corrected chi connectivity index (χ1v) is 38.0. The summed E-state index contributed by atoms with van der Waals surface area (Å²) in [6.45, 7) is 5.35. The predicted molar refractivity (Wildman–Crippen MR) is 378 cm³/mol. The van der Waals surface area contributed by atoms with Gasteiger partial charge in [0.05, 0.1) is 25.4 Å². The van der Waals surface area contributed by atoms with Crippen molar-refractivity contribution in [2.45, 2.75) is 254 Å². The summed E-state index contributed by atoms with van der Waals surface area (Å²) in [5.74, 6) is -14.9. The van der Waals surface area contributed by atoms with Crippen LogP contribution in [0.4, 0.5) is 35.1 Å². The van der Waals surface area contributed by atoms with Crippen molar-refractivity contribution < 1.29 is 92.7 Å². The highest BCUT2D eigenvalue weighted by molar-refractivity contribution is 6.01. The van der Waals surface area contributed by atoms with Crippen LogP contribution >= 0.6 is 0 Å². The molecule has 3 aliphatic heterocycles. The van der Waals surface area contributed by atoms with Crippen molar-refractivity contribution in [3.8, 4) is 12.3 Å². The first-order chi connectivity index (χ1) is 50.2. The van der Waals surface area contributed by atoms with Gasteiger partial charge in [-0.15, -0.1) is 12.3 Å². The largest absolute Gasteiger partial charge is 0.397 e. The van der Waals surface area contributed by atoms with Gasteiger partial charge in [0.1, 0.15) is 72.1 Å². The van der Waals surface area contributed by atoms with Crippen LogP contribution in [0.3, 0.4) is 0 Å². The monoisotopic (exact) mass is 1520 g/mol. The van der Waals surface area contributed by atoms with Crippen molar-refractivity contribution in [2.24, 2.45) is 41.4 Å². The molecule has 4 saturated carbocycles. The summed E-state index contributed by atoms with van der Waals surface area (Å²) >= 11 is 0. The minimum Gasteiger partial charge on any atom is -0.344 e. The lowest BCUT2D eigenvalue weighted by Crippen LogP contribution is -2.68. The number of carbonyl (C=O) groups is 12. The highest BCUT2D eigenvalue weighted by atomic mass is 19.4. The van der Waals surface area contributed by atoms with Gasteiger partial charge in [-0.1, -0.05) is 59.1 Å². The van der Waals surface area contributed by atoms with Crippen molar-refractivity contribution in [3.05, 3.63) is 12.2 Å². The second-order valence-corrected chi connectivity index (χ2v) is 31.5. The number of carbonyl (C=O) groups excluding carboxylic acids is 12. The van der Waals surface area contributed by atoms with E-state index in [-0.39, 0.29) is 90.3 Å². The minimum atomic E-state index is -5.21. The van der Waals surface area contributed by atoms with Gasteiger partial charge in [-0.3, -0.25) is 57.5 Å². The summed E-state index contributed by atoms with van der Waals surface area (Å²) in [5, 5.41) is 8.32. The van der Waals surface area contributed by atoms with Crippen LogP contribution in [0.5, 0.6) is 0 Å². The fourth-order valence-corrected chi connectivity index (χ4v) is 16.9. The molecule has 6 fully saturated rings. The van der Waals surface area contributed by atoms with Crippen LogP contribution in [0.2, 0.25) is 0 Å². The molecule has 0 radical (unpaired) electrons. The van der Waals surface area contributed by atoms with E-state index < -0.39 is 236 Å². The third kappa shape index (κ3) is 20.8. The lowest BCUT2D eigenvalue weighted by molar-refractivity contribution is -0.219. The molecule has 12 amide bonds. The lowest BCUT2D eigenvalue weighted by Gasteiger charge is -2.47. The Morgan fingerprint density at radius 1 is 0.673 bits per heavy atom. The highest BCUT2D eigenvalue weighted by Gasteiger charge is 2.56. The molecular formula is C75H112F8N12O12. The molecule has 32 heteroatoms. The van der Waals surface area contributed by atoms with Crippen molar-refractivity contribution >= 4 is 70.9 Å². The Bertz CT molecular complexity index is 3270. The van der Waals surface area contributed by atoms with Gasteiger partial charge in [-0.2, -0.15) is 26.3 Å². The predicted octanol–water partition coefficient (Wildman–Crippen LogP) is 6.34. The summed E-state index contributed by atoms with van der Waals surface area (Å²) in [4.78, 5) is 191. The zero-order valence-corrected chi connectivity index (χ0v) is 63.8. The summed E-state index contributed by atoms with van der Waals surface area (Å²) < 4.78 is 115. The molecule has 7 rings (SSSR count). The normalized spacial score (nSPS) is 32.0. The van der Waals surface area contributed by atoms with E-state index in [1.165, 1.54) is 68.9 Å². The van der Waals surface area contributed by atoms with Crippen LogP contribution in [0.25, 0.3) is 0 Å². The van der Waals surface area contributed by atoms with E-state index in [0.29, 0.717) is 44.9 Å². The zero-order chi connectivity index (χ0) is 79.5. The molecule has 7 aliphatic rings. The maximum atomic E-state index is 15.5. The molecule has 0 aromatic rings. The molecule has 2 unspecified atom stereocenters. The Morgan fingerprint density at radius 2 is 1.30 bits per heavy atom. The number of alkyl halides is 8. The standard InChI is InChI=1S/C75H112F8N12O12/c1-13-22-53-64(99)85-62(45(5)15-3)70(105)89(8)43-60(98)91(10)54-25-17-16-20-35-94(69(54)104)57(39-46-26-29-49(30-27-46)74(78,79)80)68(103)88(7)42-58(96)84-52(31-28-47-37-50(76)61(51(77)38-47)75(81,82)83)66(101)95-41-44(4)36-55(95)65(100)86-73(32-21-33-73)72(107)93(12)63(48-23-18-19-24-48)71(106)92(11)56(40-59(97)90(53)9)67(102)87(6)34-14-2/h1,16-17,44-57,61-63H,14-15,18-43H2,2-12H3,(H,84,96)(H,85,99)(H,86,100)/b17-16-/t44-,45-,46?,47?,49?,50?,51?,52-,53-,54-,55-,56-,57-,61?,62-,63-/m0/s1. The fraction of sp³-hybridized carbons (Fsp3) is 0.787.